The number of hydrogen-bond donors (Lipinski definition) is 0. The number of furan rings is 1. The Morgan fingerprint density at radius 3 is 1.79 bits per heavy atom. The summed E-state index contributed by atoms with van der Waals surface area (Å²) in [6.07, 6.45) is 0. The van der Waals surface area contributed by atoms with Gasteiger partial charge in [-0.15, -0.1) is 0 Å². The van der Waals surface area contributed by atoms with Gasteiger partial charge in [0.15, 0.2) is 0 Å². The molecule has 182 valence electrons. The van der Waals surface area contributed by atoms with Crippen molar-refractivity contribution in [3.63, 3.8) is 0 Å². The van der Waals surface area contributed by atoms with Gasteiger partial charge in [0.2, 0.25) is 0 Å². The van der Waals surface area contributed by atoms with Crippen molar-refractivity contribution in [1.82, 2.24) is 0 Å². The van der Waals surface area contributed by atoms with Crippen molar-refractivity contribution in [3.8, 4) is 33.4 Å². The van der Waals surface area contributed by atoms with E-state index in [9.17, 15) is 0 Å². The molecule has 1 heterocycles. The van der Waals surface area contributed by atoms with Crippen LogP contribution in [0.2, 0.25) is 0 Å². The molecule has 0 aliphatic heterocycles. The van der Waals surface area contributed by atoms with Crippen LogP contribution >= 0.6 is 0 Å². The van der Waals surface area contributed by atoms with Crippen LogP contribution in [0.1, 0.15) is 0 Å². The average molecular weight is 497 g/mol. The second-order valence-corrected chi connectivity index (χ2v) is 10.1. The number of benzene rings is 7. The van der Waals surface area contributed by atoms with Gasteiger partial charge in [-0.3, -0.25) is 0 Å². The van der Waals surface area contributed by atoms with Crippen LogP contribution in [-0.2, 0) is 0 Å². The summed E-state index contributed by atoms with van der Waals surface area (Å²) in [5.74, 6) is 0. The van der Waals surface area contributed by atoms with Crippen LogP contribution in [0.4, 0.5) is 0 Å². The molecule has 39 heavy (non-hydrogen) atoms. The lowest BCUT2D eigenvalue weighted by molar-refractivity contribution is 0.670. The van der Waals surface area contributed by atoms with Crippen molar-refractivity contribution in [2.45, 2.75) is 0 Å². The van der Waals surface area contributed by atoms with E-state index in [1.807, 2.05) is 12.1 Å². The van der Waals surface area contributed by atoms with Crippen molar-refractivity contribution in [3.05, 3.63) is 146 Å². The predicted molar refractivity (Wildman–Crippen MR) is 165 cm³/mol. The fourth-order valence-electron chi connectivity index (χ4n) is 5.95. The first-order chi connectivity index (χ1) is 19.3. The molecular weight excluding hydrogens is 472 g/mol. The van der Waals surface area contributed by atoms with Crippen LogP contribution in [0.25, 0.3) is 76.9 Å². The summed E-state index contributed by atoms with van der Waals surface area (Å²) in [5, 5.41) is 7.39. The maximum absolute atomic E-state index is 6.30. The van der Waals surface area contributed by atoms with E-state index in [1.165, 1.54) is 43.8 Å². The molecule has 1 heteroatoms. The van der Waals surface area contributed by atoms with E-state index in [1.54, 1.807) is 0 Å². The first-order valence-electron chi connectivity index (χ1n) is 13.4. The Bertz CT molecular complexity index is 2150. The molecule has 0 atom stereocenters. The molecule has 0 saturated heterocycles. The molecular formula is C38H24O. The number of para-hydroxylation sites is 2. The minimum atomic E-state index is 0.926. The molecule has 0 unspecified atom stereocenters. The monoisotopic (exact) mass is 496 g/mol. The summed E-state index contributed by atoms with van der Waals surface area (Å²) in [5.41, 5.74) is 9.08. The van der Waals surface area contributed by atoms with Crippen LogP contribution in [0, 0.1) is 0 Å². The smallest absolute Gasteiger partial charge is 0.143 e. The van der Waals surface area contributed by atoms with E-state index in [4.69, 9.17) is 4.42 Å². The topological polar surface area (TPSA) is 13.1 Å². The summed E-state index contributed by atoms with van der Waals surface area (Å²) in [6, 6.07) is 52.1. The maximum Gasteiger partial charge on any atom is 0.143 e. The van der Waals surface area contributed by atoms with Gasteiger partial charge in [0, 0.05) is 16.3 Å². The Hall–Kier alpha value is -5.14. The predicted octanol–water partition coefficient (Wildman–Crippen LogP) is 10.9. The second-order valence-electron chi connectivity index (χ2n) is 10.1. The van der Waals surface area contributed by atoms with Crippen molar-refractivity contribution >= 4 is 43.5 Å². The van der Waals surface area contributed by atoms with Gasteiger partial charge in [0.1, 0.15) is 11.2 Å². The van der Waals surface area contributed by atoms with Gasteiger partial charge in [0.25, 0.3) is 0 Å². The third-order valence-corrected chi connectivity index (χ3v) is 7.88. The number of fused-ring (bicyclic) bond motifs is 6. The Balaban J connectivity index is 1.26. The molecule has 8 aromatic rings. The zero-order valence-corrected chi connectivity index (χ0v) is 21.3. The molecule has 8 rings (SSSR count). The van der Waals surface area contributed by atoms with E-state index in [0.717, 1.165) is 33.1 Å². The SMILES string of the molecule is c1ccc(-c2ccc3cc(-c4ccc(-c5cccc6c5oc5ccccc56)cc4)c4ccccc4c3c2)cc1. The van der Waals surface area contributed by atoms with E-state index in [2.05, 4.69) is 133 Å². The summed E-state index contributed by atoms with van der Waals surface area (Å²) < 4.78 is 6.30. The average Bonchev–Trinajstić information content (AvgIpc) is 3.40. The van der Waals surface area contributed by atoms with Crippen molar-refractivity contribution < 1.29 is 4.42 Å². The Labute approximate surface area is 226 Å². The zero-order valence-electron chi connectivity index (χ0n) is 21.3. The van der Waals surface area contributed by atoms with Crippen LogP contribution in [0.3, 0.4) is 0 Å². The quantitative estimate of drug-likeness (QED) is 0.222. The van der Waals surface area contributed by atoms with E-state index < -0.39 is 0 Å². The minimum absolute atomic E-state index is 0.926. The lowest BCUT2D eigenvalue weighted by Crippen LogP contribution is -1.87. The molecule has 0 amide bonds. The normalized spacial score (nSPS) is 11.6. The van der Waals surface area contributed by atoms with Crippen molar-refractivity contribution in [2.75, 3.05) is 0 Å². The summed E-state index contributed by atoms with van der Waals surface area (Å²) >= 11 is 0. The van der Waals surface area contributed by atoms with Gasteiger partial charge in [-0.05, 0) is 67.6 Å². The van der Waals surface area contributed by atoms with Gasteiger partial charge in [-0.2, -0.15) is 0 Å². The molecule has 0 spiro atoms. The van der Waals surface area contributed by atoms with E-state index in [-0.39, 0.29) is 0 Å². The van der Waals surface area contributed by atoms with E-state index >= 15 is 0 Å². The third-order valence-electron chi connectivity index (χ3n) is 7.88. The van der Waals surface area contributed by atoms with E-state index in [0.29, 0.717) is 0 Å². The van der Waals surface area contributed by atoms with Crippen LogP contribution in [0.15, 0.2) is 150 Å². The second kappa shape index (κ2) is 8.72. The van der Waals surface area contributed by atoms with Crippen LogP contribution < -0.4 is 0 Å². The molecule has 0 fully saturated rings. The van der Waals surface area contributed by atoms with Gasteiger partial charge in [-0.1, -0.05) is 127 Å². The highest BCUT2D eigenvalue weighted by Gasteiger charge is 2.13. The molecule has 0 bridgehead atoms. The fraction of sp³-hybridized carbons (Fsp3) is 0. The highest BCUT2D eigenvalue weighted by atomic mass is 16.3. The summed E-state index contributed by atoms with van der Waals surface area (Å²) in [6.45, 7) is 0. The molecule has 7 aromatic carbocycles. The first kappa shape index (κ1) is 21.9. The summed E-state index contributed by atoms with van der Waals surface area (Å²) in [7, 11) is 0. The standard InChI is InChI=1S/C38H24O/c1-2-9-25(10-3-1)28-21-22-29-24-35(31-11-4-5-12-32(31)36(29)23-28)27-19-17-26(18-20-27)30-14-8-15-34-33-13-6-7-16-37(33)39-38(30)34/h1-24H. The maximum atomic E-state index is 6.30. The number of rotatable bonds is 3. The Morgan fingerprint density at radius 1 is 0.333 bits per heavy atom. The molecule has 0 saturated carbocycles. The molecule has 0 radical (unpaired) electrons. The first-order valence-corrected chi connectivity index (χ1v) is 13.4. The molecule has 0 N–H and O–H groups in total. The molecule has 1 nitrogen and oxygen atoms in total. The lowest BCUT2D eigenvalue weighted by Gasteiger charge is -2.13. The highest BCUT2D eigenvalue weighted by Crippen LogP contribution is 2.39. The third kappa shape index (κ3) is 3.55. The Morgan fingerprint density at radius 2 is 0.974 bits per heavy atom. The molecule has 0 aliphatic rings. The number of hydrogen-bond acceptors (Lipinski definition) is 1. The van der Waals surface area contributed by atoms with Crippen LogP contribution in [0.5, 0.6) is 0 Å². The molecule has 0 aliphatic carbocycles. The van der Waals surface area contributed by atoms with Gasteiger partial charge >= 0.3 is 0 Å². The highest BCUT2D eigenvalue weighted by molar-refractivity contribution is 6.15. The van der Waals surface area contributed by atoms with Gasteiger partial charge < -0.3 is 4.42 Å². The van der Waals surface area contributed by atoms with Gasteiger partial charge in [-0.25, -0.2) is 0 Å². The summed E-state index contributed by atoms with van der Waals surface area (Å²) in [4.78, 5) is 0. The fourth-order valence-corrected chi connectivity index (χ4v) is 5.95. The minimum Gasteiger partial charge on any atom is -0.455 e. The molecule has 1 aromatic heterocycles. The Kier molecular flexibility index (Phi) is 4.89. The van der Waals surface area contributed by atoms with Gasteiger partial charge in [0.05, 0.1) is 0 Å². The zero-order chi connectivity index (χ0) is 25.8. The largest absolute Gasteiger partial charge is 0.455 e. The lowest BCUT2D eigenvalue weighted by atomic mass is 9.91. The van der Waals surface area contributed by atoms with Crippen molar-refractivity contribution in [2.24, 2.45) is 0 Å². The van der Waals surface area contributed by atoms with Crippen LogP contribution in [-0.4, -0.2) is 0 Å². The van der Waals surface area contributed by atoms with Crippen molar-refractivity contribution in [1.29, 1.82) is 0 Å².